The molecule has 8 unspecified atom stereocenters. The molecular weight excluding hydrogens is 605 g/mol. The Bertz CT molecular complexity index is 1670. The van der Waals surface area contributed by atoms with E-state index in [2.05, 4.69) is 0 Å². The zero-order chi connectivity index (χ0) is 33.2. The van der Waals surface area contributed by atoms with Gasteiger partial charge in [0.2, 0.25) is 5.91 Å². The second kappa shape index (κ2) is 13.9. The predicted octanol–water partition coefficient (Wildman–Crippen LogP) is 4.32. The number of rotatable bonds is 9. The number of hydrogen-bond acceptors (Lipinski definition) is 8. The van der Waals surface area contributed by atoms with Crippen LogP contribution in [-0.4, -0.2) is 67.6 Å². The lowest BCUT2D eigenvalue weighted by atomic mass is 9.86. The van der Waals surface area contributed by atoms with Crippen molar-refractivity contribution < 1.29 is 44.6 Å². The fourth-order valence-corrected chi connectivity index (χ4v) is 6.79. The highest BCUT2D eigenvalue weighted by Crippen LogP contribution is 2.47. The maximum absolute atomic E-state index is 13.5. The Labute approximate surface area is 271 Å². The lowest BCUT2D eigenvalue weighted by molar-refractivity contribution is -0.231. The van der Waals surface area contributed by atoms with Gasteiger partial charge in [0.05, 0.1) is 18.8 Å². The number of benzene rings is 4. The summed E-state index contributed by atoms with van der Waals surface area (Å²) in [6, 6.07) is 26.8. The van der Waals surface area contributed by atoms with Gasteiger partial charge < -0.3 is 40.3 Å². The molecule has 8 atom stereocenters. The third kappa shape index (κ3) is 6.66. The maximum atomic E-state index is 13.5. The summed E-state index contributed by atoms with van der Waals surface area (Å²) in [6.07, 6.45) is -6.07. The first kappa shape index (κ1) is 32.8. The topological polar surface area (TPSA) is 151 Å². The van der Waals surface area contributed by atoms with Crippen LogP contribution in [0, 0.1) is 11.7 Å². The molecule has 10 heteroatoms. The molecular formula is C37H38FNO8. The molecule has 0 saturated carbocycles. The van der Waals surface area contributed by atoms with Gasteiger partial charge in [-0.05, 0) is 71.3 Å². The highest BCUT2D eigenvalue weighted by Gasteiger charge is 2.44. The molecule has 0 radical (unpaired) electrons. The van der Waals surface area contributed by atoms with Crippen molar-refractivity contribution in [3.63, 3.8) is 0 Å². The van der Waals surface area contributed by atoms with Crippen molar-refractivity contribution >= 4 is 11.6 Å². The number of hydrogen-bond donors (Lipinski definition) is 6. The summed E-state index contributed by atoms with van der Waals surface area (Å²) in [5.74, 6) is -0.683. The molecule has 1 amide bonds. The highest BCUT2D eigenvalue weighted by molar-refractivity contribution is 5.97. The number of nitrogens with zero attached hydrogens (tertiary/aromatic N) is 1. The molecule has 4 aromatic rings. The van der Waals surface area contributed by atoms with Gasteiger partial charge in [0.25, 0.3) is 0 Å². The molecule has 2 aliphatic rings. The van der Waals surface area contributed by atoms with Crippen molar-refractivity contribution in [2.24, 2.45) is 5.92 Å². The first-order chi connectivity index (χ1) is 22.7. The van der Waals surface area contributed by atoms with Crippen molar-refractivity contribution in [2.75, 3.05) is 11.5 Å². The van der Waals surface area contributed by atoms with Crippen LogP contribution in [0.1, 0.15) is 54.2 Å². The minimum Gasteiger partial charge on any atom is -0.508 e. The van der Waals surface area contributed by atoms with Crippen molar-refractivity contribution in [3.8, 4) is 16.9 Å². The summed E-state index contributed by atoms with van der Waals surface area (Å²) in [6.45, 7) is -0.519. The Morgan fingerprint density at radius 2 is 1.53 bits per heavy atom. The zero-order valence-electron chi connectivity index (χ0n) is 25.5. The van der Waals surface area contributed by atoms with Crippen LogP contribution in [0.5, 0.6) is 5.75 Å². The van der Waals surface area contributed by atoms with Gasteiger partial charge in [-0.2, -0.15) is 0 Å². The van der Waals surface area contributed by atoms with Crippen LogP contribution in [0.25, 0.3) is 11.1 Å². The second-order valence-corrected chi connectivity index (χ2v) is 12.3. The summed E-state index contributed by atoms with van der Waals surface area (Å²) in [5, 5.41) is 62.6. The number of para-hydroxylation sites is 1. The number of aliphatic hydroxyl groups is 5. The standard InChI is InChI=1S/C37H38FNO8/c38-26-14-10-22(11-15-26)29(41)17-13-25-19-32(43)39(27-4-2-1-3-5-27)33(25)28-16-12-24(18-30(28)42)21-6-8-23(9-7-21)37-36(46)35(45)34(44)31(20-40)47-37/h1-12,14-16,18,25,29,31,33-37,40-42,44-46H,13,17,19-20H2. The Hall–Kier alpha value is -4.16. The van der Waals surface area contributed by atoms with E-state index in [1.807, 2.05) is 36.4 Å². The summed E-state index contributed by atoms with van der Waals surface area (Å²) < 4.78 is 19.1. The number of phenolic OH excluding ortho intramolecular Hbond substituents is 1. The average Bonchev–Trinajstić information content (AvgIpc) is 3.42. The minimum absolute atomic E-state index is 0.00484. The third-order valence-corrected chi connectivity index (χ3v) is 9.34. The summed E-state index contributed by atoms with van der Waals surface area (Å²) in [7, 11) is 0. The van der Waals surface area contributed by atoms with Gasteiger partial charge in [-0.3, -0.25) is 4.79 Å². The molecule has 0 bridgehead atoms. The van der Waals surface area contributed by atoms with Gasteiger partial charge in [0.1, 0.15) is 42.1 Å². The molecule has 47 heavy (non-hydrogen) atoms. The van der Waals surface area contributed by atoms with Crippen LogP contribution in [0.15, 0.2) is 97.1 Å². The number of halogens is 1. The summed E-state index contributed by atoms with van der Waals surface area (Å²) in [4.78, 5) is 15.2. The lowest BCUT2D eigenvalue weighted by Crippen LogP contribution is -2.55. The van der Waals surface area contributed by atoms with Crippen LogP contribution < -0.4 is 4.90 Å². The number of phenols is 1. The molecule has 6 rings (SSSR count). The van der Waals surface area contributed by atoms with E-state index in [0.717, 1.165) is 5.56 Å². The molecule has 246 valence electrons. The van der Waals surface area contributed by atoms with Gasteiger partial charge >= 0.3 is 0 Å². The molecule has 0 aliphatic carbocycles. The second-order valence-electron chi connectivity index (χ2n) is 12.3. The van der Waals surface area contributed by atoms with Crippen molar-refractivity contribution in [2.45, 2.75) is 61.9 Å². The molecule has 4 aromatic carbocycles. The van der Waals surface area contributed by atoms with Gasteiger partial charge in [0, 0.05) is 17.7 Å². The van der Waals surface area contributed by atoms with Crippen LogP contribution in [0.4, 0.5) is 10.1 Å². The van der Waals surface area contributed by atoms with Gasteiger partial charge in [-0.25, -0.2) is 4.39 Å². The molecule has 2 aliphatic heterocycles. The number of aliphatic hydroxyl groups excluding tert-OH is 5. The quantitative estimate of drug-likeness (QED) is 0.158. The van der Waals surface area contributed by atoms with Crippen molar-refractivity contribution in [1.29, 1.82) is 0 Å². The van der Waals surface area contributed by atoms with Crippen molar-refractivity contribution in [1.82, 2.24) is 0 Å². The van der Waals surface area contributed by atoms with Crippen LogP contribution in [0.3, 0.4) is 0 Å². The maximum Gasteiger partial charge on any atom is 0.227 e. The molecule has 2 saturated heterocycles. The Balaban J connectivity index is 1.25. The van der Waals surface area contributed by atoms with E-state index in [-0.39, 0.29) is 29.8 Å². The van der Waals surface area contributed by atoms with E-state index in [1.165, 1.54) is 12.1 Å². The minimum atomic E-state index is -1.48. The summed E-state index contributed by atoms with van der Waals surface area (Å²) in [5.41, 5.74) is 3.86. The van der Waals surface area contributed by atoms with Crippen LogP contribution in [0.2, 0.25) is 0 Å². The molecule has 0 spiro atoms. The normalized spacial score (nSPS) is 26.8. The smallest absolute Gasteiger partial charge is 0.227 e. The molecule has 6 N–H and O–H groups in total. The molecule has 9 nitrogen and oxygen atoms in total. The first-order valence-electron chi connectivity index (χ1n) is 15.7. The predicted molar refractivity (Wildman–Crippen MR) is 172 cm³/mol. The van der Waals surface area contributed by atoms with Crippen LogP contribution >= 0.6 is 0 Å². The molecule has 0 aromatic heterocycles. The number of anilines is 1. The fraction of sp³-hybridized carbons (Fsp3) is 0.324. The zero-order valence-corrected chi connectivity index (χ0v) is 25.5. The Morgan fingerprint density at radius 3 is 2.19 bits per heavy atom. The van der Waals surface area contributed by atoms with E-state index in [9.17, 15) is 39.8 Å². The van der Waals surface area contributed by atoms with E-state index < -0.39 is 49.3 Å². The van der Waals surface area contributed by atoms with Gasteiger partial charge in [0.15, 0.2) is 0 Å². The number of aromatic hydroxyl groups is 1. The van der Waals surface area contributed by atoms with Gasteiger partial charge in [-0.1, -0.05) is 66.7 Å². The van der Waals surface area contributed by atoms with E-state index in [1.54, 1.807) is 53.4 Å². The summed E-state index contributed by atoms with van der Waals surface area (Å²) >= 11 is 0. The first-order valence-corrected chi connectivity index (χ1v) is 15.7. The number of carbonyl (C=O) groups is 1. The fourth-order valence-electron chi connectivity index (χ4n) is 6.79. The lowest BCUT2D eigenvalue weighted by Gasteiger charge is -2.40. The van der Waals surface area contributed by atoms with Gasteiger partial charge in [-0.15, -0.1) is 0 Å². The molecule has 2 fully saturated rings. The number of ether oxygens (including phenoxy) is 1. The monoisotopic (exact) mass is 643 g/mol. The van der Waals surface area contributed by atoms with Crippen molar-refractivity contribution in [3.05, 3.63) is 120 Å². The Morgan fingerprint density at radius 1 is 0.851 bits per heavy atom. The van der Waals surface area contributed by atoms with E-state index in [4.69, 9.17) is 4.74 Å². The largest absolute Gasteiger partial charge is 0.508 e. The molecule has 2 heterocycles. The van der Waals surface area contributed by atoms with E-state index >= 15 is 0 Å². The average molecular weight is 644 g/mol. The third-order valence-electron chi connectivity index (χ3n) is 9.34. The number of carbonyl (C=O) groups excluding carboxylic acids is 1. The van der Waals surface area contributed by atoms with Crippen LogP contribution in [-0.2, 0) is 9.53 Å². The Kier molecular flexibility index (Phi) is 9.70. The highest BCUT2D eigenvalue weighted by atomic mass is 19.1. The SMILES string of the molecule is O=C1CC(CCC(O)c2ccc(F)cc2)C(c2ccc(-c3ccc(C4OC(CO)C(O)C(O)C4O)cc3)cc2O)N1c1ccccc1. The van der Waals surface area contributed by atoms with E-state index in [0.29, 0.717) is 40.8 Å². The number of amides is 1.